The van der Waals surface area contributed by atoms with E-state index in [1.165, 1.54) is 26.2 Å². The first-order chi connectivity index (χ1) is 15.2. The second-order valence-corrected chi connectivity index (χ2v) is 9.02. The minimum absolute atomic E-state index is 0.0760. The number of ether oxygens (including phenoxy) is 1. The highest BCUT2D eigenvalue weighted by Crippen LogP contribution is 2.28. The number of sulfonamides is 1. The number of methoxy groups -OCH3 is 1. The number of carbonyl (C=O) groups excluding carboxylic acids is 2. The lowest BCUT2D eigenvalue weighted by Gasteiger charge is -2.25. The molecule has 7 nitrogen and oxygen atoms in total. The Bertz CT molecular complexity index is 1220. The van der Waals surface area contributed by atoms with E-state index < -0.39 is 22.5 Å². The Morgan fingerprint density at radius 3 is 2.19 bits per heavy atom. The number of hydrogen-bond acceptors (Lipinski definition) is 5. The van der Waals surface area contributed by atoms with Gasteiger partial charge in [0, 0.05) is 11.3 Å². The van der Waals surface area contributed by atoms with Gasteiger partial charge in [0.2, 0.25) is 5.91 Å². The summed E-state index contributed by atoms with van der Waals surface area (Å²) in [5.74, 6) is 0.00672. The van der Waals surface area contributed by atoms with Gasteiger partial charge >= 0.3 is 0 Å². The molecule has 166 valence electrons. The Hall–Kier alpha value is -3.65. The zero-order chi connectivity index (χ0) is 23.3. The summed E-state index contributed by atoms with van der Waals surface area (Å²) in [7, 11) is -2.48. The molecule has 0 aromatic heterocycles. The summed E-state index contributed by atoms with van der Waals surface area (Å²) in [5, 5.41) is 2.69. The number of Topliss-reactive ketones (excluding diaryl/α,β-unsaturated/α-hetero) is 1. The fourth-order valence-electron chi connectivity index (χ4n) is 3.17. The van der Waals surface area contributed by atoms with E-state index in [1.54, 1.807) is 67.6 Å². The molecular weight excluding hydrogens is 428 g/mol. The molecular formula is C24H24N2O5S. The van der Waals surface area contributed by atoms with E-state index in [0.717, 1.165) is 9.87 Å². The first-order valence-electron chi connectivity index (χ1n) is 9.85. The molecule has 1 N–H and O–H groups in total. The highest BCUT2D eigenvalue weighted by Gasteiger charge is 2.27. The molecule has 3 aromatic carbocycles. The summed E-state index contributed by atoms with van der Waals surface area (Å²) in [4.78, 5) is 24.3. The minimum atomic E-state index is -4.01. The Morgan fingerprint density at radius 1 is 0.969 bits per heavy atom. The molecule has 0 aliphatic rings. The van der Waals surface area contributed by atoms with Gasteiger partial charge in [0.25, 0.3) is 10.0 Å². The Labute approximate surface area is 187 Å². The first kappa shape index (κ1) is 23.0. The van der Waals surface area contributed by atoms with Gasteiger partial charge in [-0.1, -0.05) is 18.2 Å². The van der Waals surface area contributed by atoms with Crippen molar-refractivity contribution in [3.8, 4) is 5.75 Å². The van der Waals surface area contributed by atoms with Crippen LogP contribution in [0.25, 0.3) is 0 Å². The molecule has 0 unspecified atom stereocenters. The number of benzene rings is 3. The number of ketones is 1. The molecule has 0 atom stereocenters. The Balaban J connectivity index is 1.93. The molecule has 0 aliphatic heterocycles. The average Bonchev–Trinajstić information content (AvgIpc) is 2.78. The first-order valence-corrected chi connectivity index (χ1v) is 11.3. The molecule has 8 heteroatoms. The Kier molecular flexibility index (Phi) is 6.95. The third kappa shape index (κ3) is 5.15. The third-order valence-corrected chi connectivity index (χ3v) is 6.65. The van der Waals surface area contributed by atoms with Crippen molar-refractivity contribution in [3.63, 3.8) is 0 Å². The number of hydrogen-bond donors (Lipinski definition) is 1. The summed E-state index contributed by atoms with van der Waals surface area (Å²) in [6.07, 6.45) is 0. The quantitative estimate of drug-likeness (QED) is 0.521. The Morgan fingerprint density at radius 2 is 1.62 bits per heavy atom. The van der Waals surface area contributed by atoms with Crippen LogP contribution in [0.4, 0.5) is 11.4 Å². The van der Waals surface area contributed by atoms with Gasteiger partial charge in [-0.2, -0.15) is 0 Å². The minimum Gasteiger partial charge on any atom is -0.496 e. The number of nitrogens with zero attached hydrogens (tertiary/aromatic N) is 1. The van der Waals surface area contributed by atoms with Gasteiger partial charge in [-0.15, -0.1) is 0 Å². The van der Waals surface area contributed by atoms with Gasteiger partial charge in [0.1, 0.15) is 12.3 Å². The van der Waals surface area contributed by atoms with Crippen LogP contribution in [0.5, 0.6) is 5.75 Å². The number of rotatable bonds is 8. The van der Waals surface area contributed by atoms with Gasteiger partial charge < -0.3 is 10.1 Å². The van der Waals surface area contributed by atoms with Crippen LogP contribution in [0, 0.1) is 6.92 Å². The van der Waals surface area contributed by atoms with Crippen LogP contribution < -0.4 is 14.4 Å². The van der Waals surface area contributed by atoms with Crippen molar-refractivity contribution in [3.05, 3.63) is 83.9 Å². The SMILES string of the molecule is COc1ccc(N(CC(=O)Nc2ccc(C(C)=O)cc2)S(=O)(=O)c2ccccc2)cc1C. The van der Waals surface area contributed by atoms with E-state index in [-0.39, 0.29) is 10.7 Å². The third-order valence-electron chi connectivity index (χ3n) is 4.86. The zero-order valence-corrected chi connectivity index (χ0v) is 18.8. The molecule has 3 rings (SSSR count). The van der Waals surface area contributed by atoms with Crippen LogP contribution in [0.2, 0.25) is 0 Å². The summed E-state index contributed by atoms with van der Waals surface area (Å²) in [5.41, 5.74) is 2.06. The van der Waals surface area contributed by atoms with Crippen LogP contribution in [0.15, 0.2) is 77.7 Å². The fourth-order valence-corrected chi connectivity index (χ4v) is 4.61. The van der Waals surface area contributed by atoms with E-state index in [4.69, 9.17) is 4.74 Å². The van der Waals surface area contributed by atoms with Gasteiger partial charge in [-0.3, -0.25) is 13.9 Å². The lowest BCUT2D eigenvalue weighted by Crippen LogP contribution is -2.38. The molecule has 32 heavy (non-hydrogen) atoms. The highest BCUT2D eigenvalue weighted by atomic mass is 32.2. The summed E-state index contributed by atoms with van der Waals surface area (Å²) in [6, 6.07) is 19.3. The van der Waals surface area contributed by atoms with E-state index in [9.17, 15) is 18.0 Å². The molecule has 1 amide bonds. The topological polar surface area (TPSA) is 92.8 Å². The average molecular weight is 453 g/mol. The monoisotopic (exact) mass is 452 g/mol. The molecule has 3 aromatic rings. The normalized spacial score (nSPS) is 11.0. The maximum atomic E-state index is 13.4. The van der Waals surface area contributed by atoms with Crippen LogP contribution in [0.1, 0.15) is 22.8 Å². The highest BCUT2D eigenvalue weighted by molar-refractivity contribution is 7.92. The molecule has 0 saturated heterocycles. The van der Waals surface area contributed by atoms with E-state index in [1.807, 2.05) is 0 Å². The maximum absolute atomic E-state index is 13.4. The van der Waals surface area contributed by atoms with E-state index in [2.05, 4.69) is 5.32 Å². The predicted molar refractivity (Wildman–Crippen MR) is 124 cm³/mol. The zero-order valence-electron chi connectivity index (χ0n) is 18.0. The fraction of sp³-hybridized carbons (Fsp3) is 0.167. The summed E-state index contributed by atoms with van der Waals surface area (Å²) < 4.78 is 33.1. The standard InChI is InChI=1S/C24H24N2O5S/c1-17-15-21(13-14-23(17)31-3)26(32(29,30)22-7-5-4-6-8-22)16-24(28)25-20-11-9-19(10-12-20)18(2)27/h4-15H,16H2,1-3H3,(H,25,28). The van der Waals surface area contributed by atoms with Crippen molar-refractivity contribution in [1.82, 2.24) is 0 Å². The van der Waals surface area contributed by atoms with Crippen LogP contribution in [-0.4, -0.2) is 33.8 Å². The smallest absolute Gasteiger partial charge is 0.264 e. The number of nitrogens with one attached hydrogen (secondary N) is 1. The van der Waals surface area contributed by atoms with Gasteiger partial charge in [-0.25, -0.2) is 8.42 Å². The van der Waals surface area contributed by atoms with Crippen molar-refractivity contribution in [2.24, 2.45) is 0 Å². The van der Waals surface area contributed by atoms with Crippen molar-refractivity contribution in [2.45, 2.75) is 18.7 Å². The van der Waals surface area contributed by atoms with Crippen molar-refractivity contribution in [1.29, 1.82) is 0 Å². The second-order valence-electron chi connectivity index (χ2n) is 7.16. The number of carbonyl (C=O) groups is 2. The predicted octanol–water partition coefficient (Wildman–Crippen LogP) is 4.04. The van der Waals surface area contributed by atoms with Crippen molar-refractivity contribution < 1.29 is 22.7 Å². The summed E-state index contributed by atoms with van der Waals surface area (Å²) >= 11 is 0. The molecule has 0 bridgehead atoms. The molecule has 0 saturated carbocycles. The van der Waals surface area contributed by atoms with Gasteiger partial charge in [0.15, 0.2) is 5.78 Å². The van der Waals surface area contributed by atoms with Crippen LogP contribution in [0.3, 0.4) is 0 Å². The van der Waals surface area contributed by atoms with Crippen LogP contribution >= 0.6 is 0 Å². The van der Waals surface area contributed by atoms with Gasteiger partial charge in [0.05, 0.1) is 17.7 Å². The van der Waals surface area contributed by atoms with E-state index in [0.29, 0.717) is 22.7 Å². The lowest BCUT2D eigenvalue weighted by atomic mass is 10.1. The summed E-state index contributed by atoms with van der Waals surface area (Å²) in [6.45, 7) is 2.82. The van der Waals surface area contributed by atoms with Crippen molar-refractivity contribution >= 4 is 33.1 Å². The largest absolute Gasteiger partial charge is 0.496 e. The second kappa shape index (κ2) is 9.65. The molecule has 0 spiro atoms. The van der Waals surface area contributed by atoms with Gasteiger partial charge in [-0.05, 0) is 74.0 Å². The lowest BCUT2D eigenvalue weighted by molar-refractivity contribution is -0.114. The number of amides is 1. The molecule has 0 aliphatic carbocycles. The molecule has 0 fully saturated rings. The maximum Gasteiger partial charge on any atom is 0.264 e. The number of anilines is 2. The number of aryl methyl sites for hydroxylation is 1. The molecule has 0 radical (unpaired) electrons. The van der Waals surface area contributed by atoms with E-state index >= 15 is 0 Å². The van der Waals surface area contributed by atoms with Crippen LogP contribution in [-0.2, 0) is 14.8 Å². The van der Waals surface area contributed by atoms with Crippen molar-refractivity contribution in [2.75, 3.05) is 23.3 Å². The molecule has 0 heterocycles.